The van der Waals surface area contributed by atoms with Gasteiger partial charge in [0.15, 0.2) is 6.40 Å². The Labute approximate surface area is 202 Å². The third kappa shape index (κ3) is 4.77. The lowest BCUT2D eigenvalue weighted by molar-refractivity contribution is -0.120. The Morgan fingerprint density at radius 2 is 1.83 bits per heavy atom. The highest BCUT2D eigenvalue weighted by atomic mass is 16.5. The van der Waals surface area contributed by atoms with E-state index in [0.29, 0.717) is 18.2 Å². The summed E-state index contributed by atoms with van der Waals surface area (Å²) >= 11 is 0. The number of hydrogen-bond acceptors (Lipinski definition) is 6. The largest absolute Gasteiger partial charge is 0.453 e. The number of rotatable bonds is 1. The molecule has 0 radical (unpaired) electrons. The normalized spacial score (nSPS) is 22.6. The van der Waals surface area contributed by atoms with Crippen molar-refractivity contribution in [3.63, 3.8) is 0 Å². The minimum Gasteiger partial charge on any atom is -0.453 e. The monoisotopic (exact) mass is 465 g/mol. The fraction of sp³-hybridized carbons (Fsp3) is 0.0741. The molecule has 1 amide bonds. The van der Waals surface area contributed by atoms with E-state index < -0.39 is 11.9 Å². The van der Waals surface area contributed by atoms with Crippen LogP contribution in [-0.4, -0.2) is 39.3 Å². The number of nitrogens with zero attached hydrogens (tertiary/aromatic N) is 4. The third-order valence-corrected chi connectivity index (χ3v) is 5.52. The van der Waals surface area contributed by atoms with Crippen molar-refractivity contribution >= 4 is 40.3 Å². The minimum absolute atomic E-state index is 0.334. The molecule has 174 valence electrons. The van der Waals surface area contributed by atoms with Crippen molar-refractivity contribution < 1.29 is 14.3 Å². The number of allylic oxidation sites excluding steroid dienone is 6. The second-order valence-electron chi connectivity index (χ2n) is 7.80. The predicted octanol–water partition coefficient (Wildman–Crippen LogP) is 4.25. The van der Waals surface area contributed by atoms with Crippen LogP contribution < -0.4 is 10.5 Å². The van der Waals surface area contributed by atoms with E-state index >= 15 is 0 Å². The number of benzene rings is 1. The maximum atomic E-state index is 12.1. The number of carbonyl (C=O) groups excluding carboxylic acids is 1. The van der Waals surface area contributed by atoms with E-state index in [4.69, 9.17) is 20.2 Å². The average molecular weight is 466 g/mol. The molecular formula is C27H23N5O3. The molecule has 1 unspecified atom stereocenters. The standard InChI is InChI=1S/C27H23N5O3/c28-26(33)24-17-20-18-32(24)15-12-29-19-34-16-8-4-2-1-3-7-13-31-14-11-22-21-9-5-6-10-23(21)30-27(35-20)25(22)31/h1-17,19,24H,18H2,(H2,28,33)/b3-1-,4-2-,13-7-,15-12-,16-8-,29-19?. The molecule has 0 saturated heterocycles. The number of fused-ring (bicyclic) bond motifs is 4. The van der Waals surface area contributed by atoms with Crippen LogP contribution in [0.3, 0.4) is 0 Å². The van der Waals surface area contributed by atoms with Crippen LogP contribution in [-0.2, 0) is 9.53 Å². The van der Waals surface area contributed by atoms with Crippen molar-refractivity contribution in [2.24, 2.45) is 10.7 Å². The van der Waals surface area contributed by atoms with Gasteiger partial charge in [-0.25, -0.2) is 9.98 Å². The molecule has 8 heteroatoms. The SMILES string of the molecule is NC(=O)C1C=C2CN1/C=C\N=CO\C=C/C=C\C=C/C=C\n1ccc3c4ccccc4nc(c31)O2. The summed E-state index contributed by atoms with van der Waals surface area (Å²) in [6, 6.07) is 9.31. The van der Waals surface area contributed by atoms with E-state index in [0.717, 1.165) is 21.8 Å². The first-order valence-corrected chi connectivity index (χ1v) is 11.0. The van der Waals surface area contributed by atoms with Gasteiger partial charge in [0.25, 0.3) is 0 Å². The highest BCUT2D eigenvalue weighted by Gasteiger charge is 2.29. The molecule has 0 spiro atoms. The van der Waals surface area contributed by atoms with Crippen LogP contribution in [0, 0.1) is 0 Å². The Balaban J connectivity index is 1.61. The topological polar surface area (TPSA) is 95.0 Å². The van der Waals surface area contributed by atoms with Gasteiger partial charge >= 0.3 is 0 Å². The van der Waals surface area contributed by atoms with Crippen LogP contribution in [0.5, 0.6) is 5.88 Å². The lowest BCUT2D eigenvalue weighted by Crippen LogP contribution is -2.37. The molecule has 4 heterocycles. The maximum Gasteiger partial charge on any atom is 0.244 e. The Morgan fingerprint density at radius 1 is 1.00 bits per heavy atom. The Hall–Kier alpha value is -4.85. The van der Waals surface area contributed by atoms with E-state index in [2.05, 4.69) is 4.99 Å². The van der Waals surface area contributed by atoms with E-state index in [1.807, 2.05) is 77.7 Å². The molecular weight excluding hydrogens is 442 g/mol. The first-order valence-electron chi connectivity index (χ1n) is 11.0. The van der Waals surface area contributed by atoms with Gasteiger partial charge in [-0.1, -0.05) is 42.5 Å². The molecule has 1 atom stereocenters. The van der Waals surface area contributed by atoms with Gasteiger partial charge in [-0.05, 0) is 30.4 Å². The molecule has 2 N–H and O–H groups in total. The number of amides is 1. The third-order valence-electron chi connectivity index (χ3n) is 5.52. The van der Waals surface area contributed by atoms with Crippen LogP contribution in [0.25, 0.3) is 28.0 Å². The number of pyridine rings is 1. The Bertz CT molecular complexity index is 1470. The fourth-order valence-electron chi connectivity index (χ4n) is 3.95. The summed E-state index contributed by atoms with van der Waals surface area (Å²) in [5.41, 5.74) is 7.28. The number of carbonyl (C=O) groups is 1. The van der Waals surface area contributed by atoms with Gasteiger partial charge in [0.1, 0.15) is 17.3 Å². The van der Waals surface area contributed by atoms with E-state index in [9.17, 15) is 4.79 Å². The summed E-state index contributed by atoms with van der Waals surface area (Å²) in [4.78, 5) is 22.7. The predicted molar refractivity (Wildman–Crippen MR) is 137 cm³/mol. The first-order chi connectivity index (χ1) is 17.2. The van der Waals surface area contributed by atoms with Crippen LogP contribution >= 0.6 is 0 Å². The van der Waals surface area contributed by atoms with E-state index in [-0.39, 0.29) is 0 Å². The second-order valence-corrected chi connectivity index (χ2v) is 7.80. The molecule has 1 aromatic carbocycles. The summed E-state index contributed by atoms with van der Waals surface area (Å²) in [5, 5.41) is 2.05. The summed E-state index contributed by atoms with van der Waals surface area (Å²) in [6.45, 7) is 0.334. The van der Waals surface area contributed by atoms with Gasteiger partial charge < -0.3 is 24.7 Å². The van der Waals surface area contributed by atoms with Crippen LogP contribution in [0.15, 0.2) is 108 Å². The fourth-order valence-corrected chi connectivity index (χ4v) is 3.95. The molecule has 0 aliphatic carbocycles. The van der Waals surface area contributed by atoms with Crippen molar-refractivity contribution in [2.75, 3.05) is 6.54 Å². The number of primary amides is 1. The minimum atomic E-state index is -0.663. The van der Waals surface area contributed by atoms with Gasteiger partial charge in [-0.15, -0.1) is 0 Å². The van der Waals surface area contributed by atoms with E-state index in [1.54, 1.807) is 23.3 Å². The quantitative estimate of drug-likeness (QED) is 0.580. The van der Waals surface area contributed by atoms with Gasteiger partial charge in [-0.2, -0.15) is 0 Å². The number of nitrogens with two attached hydrogens (primary N) is 1. The molecule has 2 aromatic heterocycles. The molecule has 2 bridgehead atoms. The summed E-state index contributed by atoms with van der Waals surface area (Å²) in [5.74, 6) is 0.529. The molecule has 8 nitrogen and oxygen atoms in total. The Morgan fingerprint density at radius 3 is 2.71 bits per heavy atom. The number of aromatic nitrogens is 2. The molecule has 3 aromatic rings. The van der Waals surface area contributed by atoms with Crippen molar-refractivity contribution in [1.29, 1.82) is 0 Å². The molecule has 0 saturated carbocycles. The zero-order chi connectivity index (χ0) is 24.0. The van der Waals surface area contributed by atoms with Crippen molar-refractivity contribution in [1.82, 2.24) is 14.5 Å². The molecule has 2 aliphatic rings. The van der Waals surface area contributed by atoms with Crippen molar-refractivity contribution in [2.45, 2.75) is 6.04 Å². The average Bonchev–Trinajstić information content (AvgIpc) is 3.46. The lowest BCUT2D eigenvalue weighted by Gasteiger charge is -2.19. The highest BCUT2D eigenvalue weighted by molar-refractivity contribution is 6.07. The molecule has 35 heavy (non-hydrogen) atoms. The molecule has 5 rings (SSSR count). The second kappa shape index (κ2) is 9.96. The van der Waals surface area contributed by atoms with Crippen LogP contribution in [0.1, 0.15) is 0 Å². The summed E-state index contributed by atoms with van der Waals surface area (Å²) < 4.78 is 13.5. The van der Waals surface area contributed by atoms with Crippen molar-refractivity contribution in [3.05, 3.63) is 103 Å². The number of para-hydroxylation sites is 1. The van der Waals surface area contributed by atoms with Gasteiger partial charge in [-0.3, -0.25) is 4.79 Å². The highest BCUT2D eigenvalue weighted by Crippen LogP contribution is 2.33. The van der Waals surface area contributed by atoms with Gasteiger partial charge in [0, 0.05) is 35.6 Å². The molecule has 2 aliphatic heterocycles. The number of ether oxygens (including phenoxy) is 2. The van der Waals surface area contributed by atoms with E-state index in [1.165, 1.54) is 18.9 Å². The van der Waals surface area contributed by atoms with Crippen LogP contribution in [0.4, 0.5) is 0 Å². The number of hydrogen-bond donors (Lipinski definition) is 1. The maximum absolute atomic E-state index is 12.1. The van der Waals surface area contributed by atoms with Gasteiger partial charge in [0.2, 0.25) is 11.8 Å². The lowest BCUT2D eigenvalue weighted by atomic mass is 10.1. The molecule has 0 fully saturated rings. The zero-order valence-corrected chi connectivity index (χ0v) is 18.8. The Kier molecular flexibility index (Phi) is 6.25. The number of aliphatic imine (C=N–C) groups is 1. The van der Waals surface area contributed by atoms with Crippen LogP contribution in [0.2, 0.25) is 0 Å². The summed E-state index contributed by atoms with van der Waals surface area (Å²) in [7, 11) is 0. The first kappa shape index (κ1) is 22.0. The van der Waals surface area contributed by atoms with Crippen molar-refractivity contribution in [3.8, 4) is 5.88 Å². The van der Waals surface area contributed by atoms with Gasteiger partial charge in [0.05, 0.1) is 18.3 Å². The summed E-state index contributed by atoms with van der Waals surface area (Å²) in [6.07, 6.45) is 22.9. The zero-order valence-electron chi connectivity index (χ0n) is 18.8. The smallest absolute Gasteiger partial charge is 0.244 e.